The molecule has 1 aromatic rings. The van der Waals surface area contributed by atoms with Crippen LogP contribution in [0.1, 0.15) is 31.9 Å². The van der Waals surface area contributed by atoms with Crippen molar-refractivity contribution in [1.29, 1.82) is 0 Å². The van der Waals surface area contributed by atoms with E-state index in [9.17, 15) is 19.0 Å². The zero-order valence-corrected chi connectivity index (χ0v) is 15.3. The first-order valence-electron chi connectivity index (χ1n) is 7.61. The van der Waals surface area contributed by atoms with Crippen LogP contribution in [0.3, 0.4) is 0 Å². The van der Waals surface area contributed by atoms with Crippen LogP contribution >= 0.6 is 7.82 Å². The van der Waals surface area contributed by atoms with E-state index < -0.39 is 31.4 Å². The van der Waals surface area contributed by atoms with Crippen molar-refractivity contribution in [3.8, 4) is 0 Å². The molecule has 1 saturated heterocycles. The van der Waals surface area contributed by atoms with E-state index in [1.165, 1.54) is 16.8 Å². The summed E-state index contributed by atoms with van der Waals surface area (Å²) >= 11 is 0. The third-order valence-electron chi connectivity index (χ3n) is 3.48. The number of rotatable bonds is 9. The summed E-state index contributed by atoms with van der Waals surface area (Å²) in [7, 11) is -4.17. The number of hydrogen-bond acceptors (Lipinski definition) is 7. The average Bonchev–Trinajstić information content (AvgIpc) is 2.98. The minimum Gasteiger partial charge on any atom is -0.396 e. The Morgan fingerprint density at radius 2 is 2.08 bits per heavy atom. The van der Waals surface area contributed by atoms with Crippen LogP contribution in [0.5, 0.6) is 0 Å². The first-order valence-corrected chi connectivity index (χ1v) is 9.10. The first kappa shape index (κ1) is 22.3. The predicted molar refractivity (Wildman–Crippen MR) is 82.5 cm³/mol. The van der Waals surface area contributed by atoms with Gasteiger partial charge in [0.15, 0.2) is 0 Å². The van der Waals surface area contributed by atoms with E-state index in [0.29, 0.717) is 25.7 Å². The summed E-state index contributed by atoms with van der Waals surface area (Å²) in [4.78, 5) is 34.4. The fourth-order valence-corrected chi connectivity index (χ4v) is 3.07. The Hall–Kier alpha value is -0.784. The van der Waals surface area contributed by atoms with Gasteiger partial charge in [0.2, 0.25) is 0 Å². The van der Waals surface area contributed by atoms with Crippen LogP contribution in [-0.2, 0) is 35.1 Å². The zero-order chi connectivity index (χ0) is 17.6. The molecule has 145 valence electrons. The van der Waals surface area contributed by atoms with Gasteiger partial charge in [0.25, 0.3) is 5.56 Å². The molecule has 2 heterocycles. The molecule has 0 amide bonds. The molecule has 12 heteroatoms. The molecule has 1 aromatic heterocycles. The molecule has 1 unspecified atom stereocenters. The van der Waals surface area contributed by atoms with Crippen molar-refractivity contribution in [3.63, 3.8) is 0 Å². The van der Waals surface area contributed by atoms with Crippen molar-refractivity contribution >= 4 is 7.82 Å². The molecular weight excluding hydrogens is 402 g/mol. The Bertz CT molecular complexity index is 693. The molecule has 10 nitrogen and oxygen atoms in total. The average molecular weight is 423 g/mol. The van der Waals surface area contributed by atoms with Crippen molar-refractivity contribution in [2.75, 3.05) is 19.8 Å². The molecule has 0 bridgehead atoms. The van der Waals surface area contributed by atoms with Crippen molar-refractivity contribution in [1.82, 2.24) is 9.55 Å². The SMILES string of the molecule is O=c1ccn([C@H]2CC[C@H](COP(=O)(O)OCCCCO)O2)c(=O)[nH]1.[Co]. The van der Waals surface area contributed by atoms with Gasteiger partial charge in [-0.05, 0) is 25.7 Å². The van der Waals surface area contributed by atoms with E-state index in [1.54, 1.807) is 0 Å². The minimum atomic E-state index is -4.17. The van der Waals surface area contributed by atoms with Crippen LogP contribution < -0.4 is 11.2 Å². The molecule has 3 atom stereocenters. The van der Waals surface area contributed by atoms with Crippen LogP contribution in [0.4, 0.5) is 0 Å². The van der Waals surface area contributed by atoms with Crippen molar-refractivity contribution in [3.05, 3.63) is 33.1 Å². The summed E-state index contributed by atoms with van der Waals surface area (Å²) < 4.78 is 28.2. The first-order chi connectivity index (χ1) is 11.4. The van der Waals surface area contributed by atoms with Gasteiger partial charge in [0.05, 0.1) is 19.3 Å². The molecule has 0 spiro atoms. The van der Waals surface area contributed by atoms with Crippen molar-refractivity contribution < 1.29 is 45.1 Å². The van der Waals surface area contributed by atoms with E-state index in [0.717, 1.165) is 0 Å². The number of aliphatic hydroxyl groups is 1. The second-order valence-corrected chi connectivity index (χ2v) is 6.79. The van der Waals surface area contributed by atoms with Crippen LogP contribution in [0.2, 0.25) is 0 Å². The van der Waals surface area contributed by atoms with E-state index in [2.05, 4.69) is 4.98 Å². The van der Waals surface area contributed by atoms with Gasteiger partial charge in [-0.25, -0.2) is 9.36 Å². The number of ether oxygens (including phenoxy) is 1. The Kier molecular flexibility index (Phi) is 9.25. The molecular formula is C13H21CoN2O8P. The van der Waals surface area contributed by atoms with Crippen molar-refractivity contribution in [2.45, 2.75) is 38.0 Å². The number of H-pyrrole nitrogens is 1. The van der Waals surface area contributed by atoms with Gasteiger partial charge in [-0.3, -0.25) is 23.4 Å². The Balaban J connectivity index is 0.00000312. The number of phosphoric ester groups is 1. The summed E-state index contributed by atoms with van der Waals surface area (Å²) in [6, 6.07) is 1.22. The fraction of sp³-hybridized carbons (Fsp3) is 0.692. The molecule has 3 N–H and O–H groups in total. The predicted octanol–water partition coefficient (Wildman–Crippen LogP) is 0.118. The van der Waals surface area contributed by atoms with Gasteiger partial charge >= 0.3 is 13.5 Å². The molecule has 0 saturated carbocycles. The molecule has 2 rings (SSSR count). The molecule has 1 aliphatic rings. The molecule has 0 aromatic carbocycles. The number of phosphoric acid groups is 1. The van der Waals surface area contributed by atoms with E-state index >= 15 is 0 Å². The largest absolute Gasteiger partial charge is 0.472 e. The summed E-state index contributed by atoms with van der Waals surface area (Å²) in [5.74, 6) is 0. The molecule has 25 heavy (non-hydrogen) atoms. The standard InChI is InChI=1S/C13H21N2O8P.Co/c16-7-1-2-8-21-24(19,20)22-9-10-3-4-12(23-10)15-6-5-11(17)14-13(15)18;/h5-6,10,12,16H,1-4,7-9H2,(H,19,20)(H,14,17,18);/t10-,12-;/m1./s1. The van der Waals surface area contributed by atoms with Crippen LogP contribution in [0, 0.1) is 0 Å². The number of hydrogen-bond donors (Lipinski definition) is 3. The van der Waals surface area contributed by atoms with Crippen LogP contribution in [0.25, 0.3) is 0 Å². The van der Waals surface area contributed by atoms with E-state index in [1.807, 2.05) is 0 Å². The number of nitrogens with zero attached hydrogens (tertiary/aromatic N) is 1. The van der Waals surface area contributed by atoms with Gasteiger partial charge in [0, 0.05) is 35.6 Å². The van der Waals surface area contributed by atoms with E-state index in [-0.39, 0.29) is 36.6 Å². The number of aromatic nitrogens is 2. The third kappa shape index (κ3) is 7.16. The van der Waals surface area contributed by atoms with Gasteiger partial charge in [0.1, 0.15) is 6.23 Å². The van der Waals surface area contributed by atoms with Gasteiger partial charge in [-0.1, -0.05) is 0 Å². The molecule has 1 radical (unpaired) electrons. The summed E-state index contributed by atoms with van der Waals surface area (Å²) in [5, 5.41) is 8.62. The van der Waals surface area contributed by atoms with Crippen LogP contribution in [-0.4, -0.2) is 45.5 Å². The summed E-state index contributed by atoms with van der Waals surface area (Å²) in [6.07, 6.45) is 2.27. The Morgan fingerprint density at radius 3 is 2.76 bits per heavy atom. The molecule has 0 aliphatic carbocycles. The van der Waals surface area contributed by atoms with Gasteiger partial charge in [-0.15, -0.1) is 0 Å². The Morgan fingerprint density at radius 1 is 1.32 bits per heavy atom. The third-order valence-corrected chi connectivity index (χ3v) is 4.46. The second-order valence-electron chi connectivity index (χ2n) is 5.34. The van der Waals surface area contributed by atoms with Crippen molar-refractivity contribution in [2.24, 2.45) is 0 Å². The quantitative estimate of drug-likeness (QED) is 0.376. The maximum atomic E-state index is 11.7. The maximum Gasteiger partial charge on any atom is 0.472 e. The summed E-state index contributed by atoms with van der Waals surface area (Å²) in [5.41, 5.74) is -1.07. The second kappa shape index (κ2) is 10.4. The van der Waals surface area contributed by atoms with Gasteiger partial charge < -0.3 is 14.7 Å². The van der Waals surface area contributed by atoms with Gasteiger partial charge in [-0.2, -0.15) is 0 Å². The number of aromatic amines is 1. The number of aliphatic hydroxyl groups excluding tert-OH is 1. The minimum absolute atomic E-state index is 0. The zero-order valence-electron chi connectivity index (χ0n) is 13.3. The number of unbranched alkanes of at least 4 members (excludes halogenated alkanes) is 1. The fourth-order valence-electron chi connectivity index (χ4n) is 2.28. The maximum absolute atomic E-state index is 11.7. The smallest absolute Gasteiger partial charge is 0.396 e. The summed E-state index contributed by atoms with van der Waals surface area (Å²) in [6.45, 7) is -0.154. The normalized spacial score (nSPS) is 22.3. The van der Waals surface area contributed by atoms with E-state index in [4.69, 9.17) is 18.9 Å². The number of nitrogens with one attached hydrogen (secondary N) is 1. The molecule has 1 aliphatic heterocycles. The monoisotopic (exact) mass is 423 g/mol. The molecule has 1 fully saturated rings. The topological polar surface area (TPSA) is 140 Å². The Labute approximate surface area is 153 Å². The van der Waals surface area contributed by atoms with Crippen LogP contribution in [0.15, 0.2) is 21.9 Å².